The molecule has 0 bridgehead atoms. The summed E-state index contributed by atoms with van der Waals surface area (Å²) in [6.45, 7) is 0. The third kappa shape index (κ3) is 5.53. The van der Waals surface area contributed by atoms with Gasteiger partial charge in [-0.2, -0.15) is 0 Å². The first-order chi connectivity index (χ1) is 29.7. The molecule has 0 aliphatic heterocycles. The Morgan fingerprint density at radius 2 is 0.883 bits per heavy atom. The summed E-state index contributed by atoms with van der Waals surface area (Å²) in [6.07, 6.45) is 0. The van der Waals surface area contributed by atoms with Crippen LogP contribution >= 0.6 is 0 Å². The molecule has 3 aromatic heterocycles. The molecular weight excluding hydrogens is 729 g/mol. The summed E-state index contributed by atoms with van der Waals surface area (Å²) >= 11 is 0. The van der Waals surface area contributed by atoms with Crippen molar-refractivity contribution in [3.8, 4) is 56.4 Å². The number of hydrogen-bond acceptors (Lipinski definition) is 2. The Kier molecular flexibility index (Phi) is 7.82. The van der Waals surface area contributed by atoms with Crippen molar-refractivity contribution in [3.63, 3.8) is 0 Å². The molecule has 60 heavy (non-hydrogen) atoms. The van der Waals surface area contributed by atoms with E-state index in [2.05, 4.69) is 215 Å². The fraction of sp³-hybridized carbons (Fsp3) is 0. The number of rotatable bonds is 6. The summed E-state index contributed by atoms with van der Waals surface area (Å²) in [4.78, 5) is 10.4. The molecule has 0 fully saturated rings. The maximum atomic E-state index is 5.27. The molecule has 9 aromatic carbocycles. The summed E-state index contributed by atoms with van der Waals surface area (Å²) in [5.74, 6) is 0.691. The normalized spacial score (nSPS) is 11.7. The molecule has 0 aliphatic rings. The van der Waals surface area contributed by atoms with Crippen LogP contribution < -0.4 is 0 Å². The molecule has 0 amide bonds. The van der Waals surface area contributed by atoms with Gasteiger partial charge in [-0.3, -0.25) is 0 Å². The van der Waals surface area contributed by atoms with Crippen molar-refractivity contribution in [1.82, 2.24) is 19.1 Å². The lowest BCUT2D eigenvalue weighted by molar-refractivity contribution is 1.17. The van der Waals surface area contributed by atoms with Crippen molar-refractivity contribution in [2.45, 2.75) is 0 Å². The van der Waals surface area contributed by atoms with E-state index in [1.807, 2.05) is 12.1 Å². The number of aromatic nitrogens is 4. The van der Waals surface area contributed by atoms with Crippen molar-refractivity contribution in [2.24, 2.45) is 0 Å². The minimum atomic E-state index is 0.691. The van der Waals surface area contributed by atoms with E-state index < -0.39 is 0 Å². The Labute approximate surface area is 346 Å². The maximum Gasteiger partial charge on any atom is 0.160 e. The average molecular weight is 765 g/mol. The topological polar surface area (TPSA) is 35.6 Å². The zero-order valence-corrected chi connectivity index (χ0v) is 32.6. The van der Waals surface area contributed by atoms with E-state index in [9.17, 15) is 0 Å². The molecule has 0 N–H and O–H groups in total. The van der Waals surface area contributed by atoms with Crippen molar-refractivity contribution in [3.05, 3.63) is 218 Å². The summed E-state index contributed by atoms with van der Waals surface area (Å²) in [5.41, 5.74) is 14.0. The summed E-state index contributed by atoms with van der Waals surface area (Å²) in [5, 5.41) is 7.35. The molecule has 12 rings (SSSR count). The summed E-state index contributed by atoms with van der Waals surface area (Å²) < 4.78 is 4.88. The van der Waals surface area contributed by atoms with E-state index in [4.69, 9.17) is 9.97 Å². The molecule has 3 heterocycles. The van der Waals surface area contributed by atoms with Crippen LogP contribution in [0.15, 0.2) is 218 Å². The van der Waals surface area contributed by atoms with Crippen LogP contribution in [0, 0.1) is 0 Å². The van der Waals surface area contributed by atoms with Crippen LogP contribution in [0.1, 0.15) is 0 Å². The van der Waals surface area contributed by atoms with Gasteiger partial charge in [-0.25, -0.2) is 9.97 Å². The van der Waals surface area contributed by atoms with Gasteiger partial charge in [0.1, 0.15) is 0 Å². The largest absolute Gasteiger partial charge is 0.309 e. The van der Waals surface area contributed by atoms with Crippen LogP contribution in [-0.4, -0.2) is 19.1 Å². The molecule has 0 unspecified atom stereocenters. The lowest BCUT2D eigenvalue weighted by Gasteiger charge is -2.13. The van der Waals surface area contributed by atoms with E-state index >= 15 is 0 Å². The molecule has 0 radical (unpaired) electrons. The van der Waals surface area contributed by atoms with E-state index in [0.717, 1.165) is 50.5 Å². The second-order valence-electron chi connectivity index (χ2n) is 15.4. The highest BCUT2D eigenvalue weighted by molar-refractivity contribution is 6.26. The zero-order chi connectivity index (χ0) is 39.6. The first-order valence-electron chi connectivity index (χ1n) is 20.4. The minimum Gasteiger partial charge on any atom is -0.309 e. The quantitative estimate of drug-likeness (QED) is 0.169. The molecule has 280 valence electrons. The number of para-hydroxylation sites is 2. The number of hydrogen-bond donors (Lipinski definition) is 0. The Bertz CT molecular complexity index is 3580. The van der Waals surface area contributed by atoms with Crippen molar-refractivity contribution in [2.75, 3.05) is 0 Å². The van der Waals surface area contributed by atoms with Gasteiger partial charge in [-0.15, -0.1) is 0 Å². The predicted molar refractivity (Wildman–Crippen MR) is 250 cm³/mol. The van der Waals surface area contributed by atoms with Gasteiger partial charge in [0.2, 0.25) is 0 Å². The zero-order valence-electron chi connectivity index (χ0n) is 32.6. The number of benzene rings is 9. The second-order valence-corrected chi connectivity index (χ2v) is 15.4. The van der Waals surface area contributed by atoms with E-state index in [0.29, 0.717) is 5.82 Å². The highest BCUT2D eigenvalue weighted by Gasteiger charge is 2.21. The second kappa shape index (κ2) is 13.8. The molecule has 0 spiro atoms. The van der Waals surface area contributed by atoms with Gasteiger partial charge >= 0.3 is 0 Å². The Balaban J connectivity index is 1.07. The van der Waals surface area contributed by atoms with Crippen LogP contribution in [0.2, 0.25) is 0 Å². The van der Waals surface area contributed by atoms with Gasteiger partial charge in [-0.1, -0.05) is 170 Å². The molecular formula is C56H36N4. The Morgan fingerprint density at radius 3 is 1.67 bits per heavy atom. The van der Waals surface area contributed by atoms with Crippen LogP contribution in [0.4, 0.5) is 0 Å². The molecule has 0 saturated heterocycles. The first-order valence-corrected chi connectivity index (χ1v) is 20.4. The summed E-state index contributed by atoms with van der Waals surface area (Å²) in [6, 6.07) is 78.0. The lowest BCUT2D eigenvalue weighted by atomic mass is 10.0. The molecule has 0 aliphatic carbocycles. The first kappa shape index (κ1) is 34.0. The van der Waals surface area contributed by atoms with Gasteiger partial charge in [0.15, 0.2) is 5.82 Å². The van der Waals surface area contributed by atoms with Crippen LogP contribution in [0.5, 0.6) is 0 Å². The fourth-order valence-corrected chi connectivity index (χ4v) is 9.10. The van der Waals surface area contributed by atoms with Crippen molar-refractivity contribution in [1.29, 1.82) is 0 Å². The smallest absolute Gasteiger partial charge is 0.160 e. The molecule has 4 nitrogen and oxygen atoms in total. The predicted octanol–water partition coefficient (Wildman–Crippen LogP) is 14.5. The standard InChI is InChI=1S/C56H36N4/c1-3-14-37(15-4-1)39-26-28-41(29-27-39)56-57-49(40-17-5-2-6-18-40)36-50(58-56)43-20-13-21-44(35-43)60-51-24-11-9-22-46(51)47-32-33-53-54(55(47)60)48-23-10-12-25-52(48)59(53)45-31-30-38-16-7-8-19-42(38)34-45/h1-36H. The molecule has 12 aromatic rings. The van der Waals surface area contributed by atoms with E-state index in [-0.39, 0.29) is 0 Å². The molecule has 4 heteroatoms. The van der Waals surface area contributed by atoms with Gasteiger partial charge in [0.25, 0.3) is 0 Å². The van der Waals surface area contributed by atoms with Crippen molar-refractivity contribution >= 4 is 54.4 Å². The Hall–Kier alpha value is -8.08. The maximum absolute atomic E-state index is 5.27. The van der Waals surface area contributed by atoms with Crippen LogP contribution in [-0.2, 0) is 0 Å². The number of fused-ring (bicyclic) bond motifs is 8. The fourth-order valence-electron chi connectivity index (χ4n) is 9.10. The van der Waals surface area contributed by atoms with E-state index in [1.54, 1.807) is 0 Å². The third-order valence-electron chi connectivity index (χ3n) is 11.9. The summed E-state index contributed by atoms with van der Waals surface area (Å²) in [7, 11) is 0. The van der Waals surface area contributed by atoms with Crippen LogP contribution in [0.25, 0.3) is 111 Å². The highest BCUT2D eigenvalue weighted by Crippen LogP contribution is 2.42. The molecule has 0 atom stereocenters. The number of nitrogens with zero attached hydrogens (tertiary/aromatic N) is 4. The Morgan fingerprint density at radius 1 is 0.300 bits per heavy atom. The van der Waals surface area contributed by atoms with Crippen molar-refractivity contribution < 1.29 is 0 Å². The van der Waals surface area contributed by atoms with Crippen LogP contribution in [0.3, 0.4) is 0 Å². The van der Waals surface area contributed by atoms with Gasteiger partial charge < -0.3 is 9.13 Å². The van der Waals surface area contributed by atoms with E-state index in [1.165, 1.54) is 54.4 Å². The third-order valence-corrected chi connectivity index (χ3v) is 11.9. The minimum absolute atomic E-state index is 0.691. The lowest BCUT2D eigenvalue weighted by Crippen LogP contribution is -1.98. The van der Waals surface area contributed by atoms with Gasteiger partial charge in [-0.05, 0) is 70.4 Å². The highest BCUT2D eigenvalue weighted by atomic mass is 15.0. The van der Waals surface area contributed by atoms with Gasteiger partial charge in [0.05, 0.1) is 33.5 Å². The average Bonchev–Trinajstić information content (AvgIpc) is 3.85. The monoisotopic (exact) mass is 764 g/mol. The SMILES string of the molecule is c1ccc(-c2ccc(-c3nc(-c4ccccc4)cc(-c4cccc(-n5c6ccccc6c6ccc7c(c8ccccc8n7-c7ccc8ccccc8c7)c65)c4)n3)cc2)cc1. The molecule has 0 saturated carbocycles. The van der Waals surface area contributed by atoms with Gasteiger partial charge in [0, 0.05) is 49.6 Å².